The Labute approximate surface area is 126 Å². The van der Waals surface area contributed by atoms with Crippen molar-refractivity contribution in [3.63, 3.8) is 0 Å². The molecule has 0 spiro atoms. The van der Waals surface area contributed by atoms with Crippen LogP contribution in [0.5, 0.6) is 5.75 Å². The molecule has 1 N–H and O–H groups in total. The van der Waals surface area contributed by atoms with E-state index >= 15 is 0 Å². The number of hydrogen-bond acceptors (Lipinski definition) is 2. The molecular weight excluding hydrogens is 323 g/mol. The summed E-state index contributed by atoms with van der Waals surface area (Å²) in [5.74, 6) is 0.358. The first-order chi connectivity index (χ1) is 9.60. The second kappa shape index (κ2) is 6.86. The van der Waals surface area contributed by atoms with E-state index in [1.54, 1.807) is 24.3 Å². The van der Waals surface area contributed by atoms with Gasteiger partial charge in [-0.1, -0.05) is 41.1 Å². The first kappa shape index (κ1) is 15.0. The minimum Gasteiger partial charge on any atom is -0.489 e. The smallest absolute Gasteiger partial charge is 0.130 e. The molecule has 0 fully saturated rings. The van der Waals surface area contributed by atoms with Crippen molar-refractivity contribution in [1.29, 1.82) is 0 Å². The van der Waals surface area contributed by atoms with Gasteiger partial charge in [0.2, 0.25) is 0 Å². The number of aliphatic hydroxyl groups excluding tert-OH is 1. The fourth-order valence-electron chi connectivity index (χ4n) is 1.82. The normalized spacial score (nSPS) is 12.2. The minimum absolute atomic E-state index is 0.175. The quantitative estimate of drug-likeness (QED) is 0.862. The van der Waals surface area contributed by atoms with Crippen LogP contribution in [0.25, 0.3) is 0 Å². The lowest BCUT2D eigenvalue weighted by Gasteiger charge is -2.10. The molecule has 0 aliphatic heterocycles. The van der Waals surface area contributed by atoms with Gasteiger partial charge >= 0.3 is 0 Å². The molecule has 1 atom stereocenters. The van der Waals surface area contributed by atoms with Gasteiger partial charge in [-0.05, 0) is 36.2 Å². The van der Waals surface area contributed by atoms with E-state index in [-0.39, 0.29) is 12.4 Å². The summed E-state index contributed by atoms with van der Waals surface area (Å²) in [6.07, 6.45) is 0.220. The number of aliphatic hydroxyl groups is 1. The Balaban J connectivity index is 2.00. The van der Waals surface area contributed by atoms with Crippen LogP contribution in [-0.2, 0) is 6.61 Å². The summed E-state index contributed by atoms with van der Waals surface area (Å²) in [7, 11) is 0. The zero-order valence-corrected chi connectivity index (χ0v) is 12.7. The molecular formula is C16H16BrFO2. The number of hydrogen-bond donors (Lipinski definition) is 1. The van der Waals surface area contributed by atoms with Crippen molar-refractivity contribution >= 4 is 15.9 Å². The third kappa shape index (κ3) is 3.81. The third-order valence-electron chi connectivity index (χ3n) is 3.06. The molecule has 2 aromatic carbocycles. The van der Waals surface area contributed by atoms with Crippen molar-refractivity contribution in [1.82, 2.24) is 0 Å². The molecule has 0 radical (unpaired) electrons. The largest absolute Gasteiger partial charge is 0.489 e. The number of ether oxygens (including phenoxy) is 1. The van der Waals surface area contributed by atoms with Gasteiger partial charge in [0.15, 0.2) is 0 Å². The van der Waals surface area contributed by atoms with E-state index in [0.29, 0.717) is 22.2 Å². The second-order valence-electron chi connectivity index (χ2n) is 4.52. The summed E-state index contributed by atoms with van der Waals surface area (Å²) >= 11 is 3.22. The van der Waals surface area contributed by atoms with Crippen LogP contribution in [0.3, 0.4) is 0 Å². The number of rotatable bonds is 5. The molecule has 20 heavy (non-hydrogen) atoms. The van der Waals surface area contributed by atoms with Crippen molar-refractivity contribution in [3.8, 4) is 5.75 Å². The van der Waals surface area contributed by atoms with Crippen LogP contribution in [-0.4, -0.2) is 5.11 Å². The van der Waals surface area contributed by atoms with Crippen LogP contribution >= 0.6 is 15.9 Å². The highest BCUT2D eigenvalue weighted by Gasteiger charge is 2.06. The molecule has 0 saturated carbocycles. The molecule has 0 bridgehead atoms. The van der Waals surface area contributed by atoms with E-state index in [2.05, 4.69) is 15.9 Å². The Kier molecular flexibility index (Phi) is 5.15. The maximum Gasteiger partial charge on any atom is 0.130 e. The van der Waals surface area contributed by atoms with Gasteiger partial charge in [0.25, 0.3) is 0 Å². The van der Waals surface area contributed by atoms with Gasteiger partial charge < -0.3 is 9.84 Å². The average molecular weight is 339 g/mol. The summed E-state index contributed by atoms with van der Waals surface area (Å²) in [4.78, 5) is 0. The summed E-state index contributed by atoms with van der Waals surface area (Å²) in [5, 5.41) is 9.70. The highest BCUT2D eigenvalue weighted by Crippen LogP contribution is 2.21. The predicted molar refractivity (Wildman–Crippen MR) is 80.1 cm³/mol. The molecule has 0 heterocycles. The Morgan fingerprint density at radius 1 is 1.20 bits per heavy atom. The van der Waals surface area contributed by atoms with E-state index in [4.69, 9.17) is 4.74 Å². The second-order valence-corrected chi connectivity index (χ2v) is 5.43. The molecule has 0 saturated heterocycles. The van der Waals surface area contributed by atoms with Gasteiger partial charge in [-0.15, -0.1) is 0 Å². The van der Waals surface area contributed by atoms with Crippen molar-refractivity contribution in [2.24, 2.45) is 0 Å². The molecule has 0 amide bonds. The zero-order chi connectivity index (χ0) is 14.5. The Bertz CT molecular complexity index is 569. The fourth-order valence-corrected chi connectivity index (χ4v) is 2.15. The van der Waals surface area contributed by atoms with Gasteiger partial charge in [0, 0.05) is 10.0 Å². The summed E-state index contributed by atoms with van der Waals surface area (Å²) in [5.41, 5.74) is 1.36. The topological polar surface area (TPSA) is 29.5 Å². The van der Waals surface area contributed by atoms with E-state index in [1.165, 1.54) is 6.07 Å². The van der Waals surface area contributed by atoms with Crippen LogP contribution in [0, 0.1) is 5.82 Å². The first-order valence-corrected chi connectivity index (χ1v) is 7.24. The molecule has 2 nitrogen and oxygen atoms in total. The summed E-state index contributed by atoms with van der Waals surface area (Å²) in [6, 6.07) is 12.1. The van der Waals surface area contributed by atoms with Gasteiger partial charge in [-0.25, -0.2) is 4.39 Å². The molecule has 2 aromatic rings. The Morgan fingerprint density at radius 2 is 1.90 bits per heavy atom. The van der Waals surface area contributed by atoms with Gasteiger partial charge in [-0.3, -0.25) is 0 Å². The average Bonchev–Trinajstić information content (AvgIpc) is 2.46. The van der Waals surface area contributed by atoms with Crippen molar-refractivity contribution < 1.29 is 14.2 Å². The molecule has 4 heteroatoms. The highest BCUT2D eigenvalue weighted by atomic mass is 79.9. The lowest BCUT2D eigenvalue weighted by atomic mass is 10.1. The lowest BCUT2D eigenvalue weighted by Crippen LogP contribution is -1.99. The lowest BCUT2D eigenvalue weighted by molar-refractivity contribution is 0.173. The minimum atomic E-state index is -0.451. The monoisotopic (exact) mass is 338 g/mol. The van der Waals surface area contributed by atoms with E-state index in [0.717, 1.165) is 5.56 Å². The predicted octanol–water partition coefficient (Wildman–Crippen LogP) is 4.61. The fraction of sp³-hybridized carbons (Fsp3) is 0.250. The molecule has 106 valence electrons. The van der Waals surface area contributed by atoms with E-state index in [1.807, 2.05) is 19.1 Å². The van der Waals surface area contributed by atoms with Crippen LogP contribution in [0.1, 0.15) is 30.6 Å². The summed E-state index contributed by atoms with van der Waals surface area (Å²) in [6.45, 7) is 2.10. The van der Waals surface area contributed by atoms with Gasteiger partial charge in [-0.2, -0.15) is 0 Å². The van der Waals surface area contributed by atoms with Crippen LogP contribution in [0.4, 0.5) is 4.39 Å². The van der Waals surface area contributed by atoms with Crippen molar-refractivity contribution in [3.05, 3.63) is 63.9 Å². The van der Waals surface area contributed by atoms with E-state index in [9.17, 15) is 9.50 Å². The van der Waals surface area contributed by atoms with Crippen LogP contribution < -0.4 is 4.74 Å². The molecule has 0 aliphatic rings. The van der Waals surface area contributed by atoms with Crippen LogP contribution in [0.15, 0.2) is 46.9 Å². The highest BCUT2D eigenvalue weighted by molar-refractivity contribution is 9.10. The standard InChI is InChI=1S/C16H16BrFO2/c1-2-16(19)11-4-7-14(8-5-11)20-10-12-3-6-13(17)9-15(12)18/h3-9,16,19H,2,10H2,1H3. The summed E-state index contributed by atoms with van der Waals surface area (Å²) < 4.78 is 19.9. The molecule has 0 aliphatic carbocycles. The zero-order valence-electron chi connectivity index (χ0n) is 11.1. The third-order valence-corrected chi connectivity index (χ3v) is 3.55. The van der Waals surface area contributed by atoms with Crippen molar-refractivity contribution in [2.45, 2.75) is 26.1 Å². The number of halogens is 2. The maximum absolute atomic E-state index is 13.6. The van der Waals surface area contributed by atoms with Gasteiger partial charge in [0.05, 0.1) is 6.10 Å². The van der Waals surface area contributed by atoms with Crippen LogP contribution in [0.2, 0.25) is 0 Å². The maximum atomic E-state index is 13.6. The SMILES string of the molecule is CCC(O)c1ccc(OCc2ccc(Br)cc2F)cc1. The molecule has 2 rings (SSSR count). The first-order valence-electron chi connectivity index (χ1n) is 6.45. The Hall–Kier alpha value is -1.39. The van der Waals surface area contributed by atoms with E-state index < -0.39 is 6.10 Å². The number of benzene rings is 2. The van der Waals surface area contributed by atoms with Crippen molar-refractivity contribution in [2.75, 3.05) is 0 Å². The Morgan fingerprint density at radius 3 is 2.50 bits per heavy atom. The molecule has 1 unspecified atom stereocenters. The molecule has 0 aromatic heterocycles. The van der Waals surface area contributed by atoms with Gasteiger partial charge in [0.1, 0.15) is 18.2 Å².